The first-order valence-corrected chi connectivity index (χ1v) is 7.82. The van der Waals surface area contributed by atoms with E-state index in [1.54, 1.807) is 0 Å². The van der Waals surface area contributed by atoms with Crippen LogP contribution in [0.4, 0.5) is 0 Å². The molecule has 1 N–H and O–H groups in total. The Labute approximate surface area is 124 Å². The molecular weight excluding hydrogens is 274 g/mol. The van der Waals surface area contributed by atoms with Crippen LogP contribution in [-0.4, -0.2) is 6.54 Å². The van der Waals surface area contributed by atoms with Gasteiger partial charge in [0.15, 0.2) is 0 Å². The highest BCUT2D eigenvalue weighted by atomic mass is 35.5. The second kappa shape index (κ2) is 7.59. The van der Waals surface area contributed by atoms with E-state index in [1.807, 2.05) is 23.9 Å². The van der Waals surface area contributed by atoms with Crippen molar-refractivity contribution in [2.45, 2.75) is 24.1 Å². The molecule has 0 saturated heterocycles. The van der Waals surface area contributed by atoms with Crippen molar-refractivity contribution in [1.82, 2.24) is 5.32 Å². The Morgan fingerprint density at radius 2 is 1.79 bits per heavy atom. The topological polar surface area (TPSA) is 12.0 Å². The van der Waals surface area contributed by atoms with Gasteiger partial charge in [0.25, 0.3) is 0 Å². The Morgan fingerprint density at radius 1 is 1.05 bits per heavy atom. The van der Waals surface area contributed by atoms with Crippen molar-refractivity contribution in [3.8, 4) is 0 Å². The molecule has 19 heavy (non-hydrogen) atoms. The highest BCUT2D eigenvalue weighted by molar-refractivity contribution is 7.98. The summed E-state index contributed by atoms with van der Waals surface area (Å²) in [4.78, 5) is 1.35. The maximum absolute atomic E-state index is 5.90. The lowest BCUT2D eigenvalue weighted by Gasteiger charge is -2.09. The average Bonchev–Trinajstić information content (AvgIpc) is 2.45. The van der Waals surface area contributed by atoms with E-state index < -0.39 is 0 Å². The van der Waals surface area contributed by atoms with E-state index in [0.29, 0.717) is 0 Å². The highest BCUT2D eigenvalue weighted by Crippen LogP contribution is 2.26. The SMILES string of the molecule is CCNCc1ccccc1SCc1ccc(Cl)cc1. The number of hydrogen-bond acceptors (Lipinski definition) is 2. The smallest absolute Gasteiger partial charge is 0.0406 e. The third-order valence-corrected chi connectivity index (χ3v) is 4.28. The highest BCUT2D eigenvalue weighted by Gasteiger charge is 2.02. The Kier molecular flexibility index (Phi) is 5.77. The van der Waals surface area contributed by atoms with Gasteiger partial charge in [-0.15, -0.1) is 11.8 Å². The lowest BCUT2D eigenvalue weighted by Crippen LogP contribution is -2.12. The molecule has 1 nitrogen and oxygen atoms in total. The number of benzene rings is 2. The van der Waals surface area contributed by atoms with Gasteiger partial charge in [-0.05, 0) is 35.9 Å². The molecule has 0 unspecified atom stereocenters. The first kappa shape index (κ1) is 14.4. The second-order valence-electron chi connectivity index (χ2n) is 4.30. The quantitative estimate of drug-likeness (QED) is 0.771. The molecule has 100 valence electrons. The molecule has 0 heterocycles. The molecule has 2 aromatic carbocycles. The molecule has 0 radical (unpaired) electrons. The zero-order valence-corrected chi connectivity index (χ0v) is 12.6. The van der Waals surface area contributed by atoms with E-state index in [4.69, 9.17) is 11.6 Å². The van der Waals surface area contributed by atoms with Crippen molar-refractivity contribution in [1.29, 1.82) is 0 Å². The molecule has 2 rings (SSSR count). The first-order chi connectivity index (χ1) is 9.29. The van der Waals surface area contributed by atoms with Gasteiger partial charge in [-0.3, -0.25) is 0 Å². The zero-order valence-electron chi connectivity index (χ0n) is 11.0. The molecule has 0 saturated carbocycles. The van der Waals surface area contributed by atoms with E-state index >= 15 is 0 Å². The van der Waals surface area contributed by atoms with Gasteiger partial charge in [0.2, 0.25) is 0 Å². The van der Waals surface area contributed by atoms with Crippen LogP contribution in [0, 0.1) is 0 Å². The van der Waals surface area contributed by atoms with E-state index in [-0.39, 0.29) is 0 Å². The average molecular weight is 292 g/mol. The third kappa shape index (κ3) is 4.57. The molecule has 0 fully saturated rings. The lowest BCUT2D eigenvalue weighted by molar-refractivity contribution is 0.718. The van der Waals surface area contributed by atoms with Crippen LogP contribution in [0.3, 0.4) is 0 Å². The first-order valence-electron chi connectivity index (χ1n) is 6.45. The van der Waals surface area contributed by atoms with Gasteiger partial charge in [0, 0.05) is 22.2 Å². The van der Waals surface area contributed by atoms with E-state index in [0.717, 1.165) is 23.9 Å². The standard InChI is InChI=1S/C16H18ClNS/c1-2-18-11-14-5-3-4-6-16(14)19-12-13-7-9-15(17)10-8-13/h3-10,18H,2,11-12H2,1H3. The third-order valence-electron chi connectivity index (χ3n) is 2.85. The van der Waals surface area contributed by atoms with Gasteiger partial charge in [0.1, 0.15) is 0 Å². The fourth-order valence-corrected chi connectivity index (χ4v) is 2.93. The summed E-state index contributed by atoms with van der Waals surface area (Å²) in [7, 11) is 0. The number of rotatable bonds is 6. The minimum atomic E-state index is 0.793. The number of nitrogens with one attached hydrogen (secondary N) is 1. The molecule has 3 heteroatoms. The van der Waals surface area contributed by atoms with Crippen LogP contribution in [0.1, 0.15) is 18.1 Å². The summed E-state index contributed by atoms with van der Waals surface area (Å²) in [6.07, 6.45) is 0. The molecule has 2 aromatic rings. The second-order valence-corrected chi connectivity index (χ2v) is 5.76. The van der Waals surface area contributed by atoms with Crippen molar-refractivity contribution < 1.29 is 0 Å². The fraction of sp³-hybridized carbons (Fsp3) is 0.250. The molecular formula is C16H18ClNS. The largest absolute Gasteiger partial charge is 0.313 e. The van der Waals surface area contributed by atoms with Crippen LogP contribution in [-0.2, 0) is 12.3 Å². The van der Waals surface area contributed by atoms with Crippen molar-refractivity contribution in [3.05, 3.63) is 64.7 Å². The summed E-state index contributed by atoms with van der Waals surface area (Å²) >= 11 is 7.77. The molecule has 0 aliphatic heterocycles. The molecule has 0 aliphatic rings. The van der Waals surface area contributed by atoms with Crippen molar-refractivity contribution in [2.24, 2.45) is 0 Å². The van der Waals surface area contributed by atoms with Gasteiger partial charge in [0.05, 0.1) is 0 Å². The molecule has 0 aromatic heterocycles. The predicted molar refractivity (Wildman–Crippen MR) is 84.8 cm³/mol. The van der Waals surface area contributed by atoms with Crippen LogP contribution in [0.5, 0.6) is 0 Å². The van der Waals surface area contributed by atoms with Crippen molar-refractivity contribution >= 4 is 23.4 Å². The van der Waals surface area contributed by atoms with Crippen LogP contribution < -0.4 is 5.32 Å². The van der Waals surface area contributed by atoms with Gasteiger partial charge in [-0.25, -0.2) is 0 Å². The Hall–Kier alpha value is -0.960. The molecule has 0 aliphatic carbocycles. The van der Waals surface area contributed by atoms with Crippen molar-refractivity contribution in [3.63, 3.8) is 0 Å². The molecule has 0 atom stereocenters. The molecule has 0 amide bonds. The Balaban J connectivity index is 2.00. The predicted octanol–water partition coefficient (Wildman–Crippen LogP) is 4.74. The minimum Gasteiger partial charge on any atom is -0.313 e. The van der Waals surface area contributed by atoms with Crippen LogP contribution in [0.2, 0.25) is 5.02 Å². The summed E-state index contributed by atoms with van der Waals surface area (Å²) in [6, 6.07) is 16.6. The molecule has 0 spiro atoms. The zero-order chi connectivity index (χ0) is 13.5. The van der Waals surface area contributed by atoms with Crippen LogP contribution in [0.25, 0.3) is 0 Å². The maximum atomic E-state index is 5.90. The summed E-state index contributed by atoms with van der Waals surface area (Å²) in [5.41, 5.74) is 2.66. The normalized spacial score (nSPS) is 10.6. The number of thioether (sulfide) groups is 1. The number of halogens is 1. The Bertz CT molecular complexity index is 510. The summed E-state index contributed by atoms with van der Waals surface area (Å²) in [6.45, 7) is 4.06. The van der Waals surface area contributed by atoms with Crippen LogP contribution >= 0.6 is 23.4 Å². The number of hydrogen-bond donors (Lipinski definition) is 1. The van der Waals surface area contributed by atoms with Gasteiger partial charge < -0.3 is 5.32 Å². The molecule has 0 bridgehead atoms. The Morgan fingerprint density at radius 3 is 2.53 bits per heavy atom. The van der Waals surface area contributed by atoms with E-state index in [2.05, 4.69) is 48.6 Å². The fourth-order valence-electron chi connectivity index (χ4n) is 1.79. The van der Waals surface area contributed by atoms with Crippen LogP contribution in [0.15, 0.2) is 53.4 Å². The summed E-state index contributed by atoms with van der Waals surface area (Å²) in [5.74, 6) is 0.973. The van der Waals surface area contributed by atoms with Gasteiger partial charge in [-0.2, -0.15) is 0 Å². The van der Waals surface area contributed by atoms with Gasteiger partial charge in [-0.1, -0.05) is 48.9 Å². The lowest BCUT2D eigenvalue weighted by atomic mass is 10.2. The maximum Gasteiger partial charge on any atom is 0.0406 e. The summed E-state index contributed by atoms with van der Waals surface area (Å²) in [5, 5.41) is 4.17. The van der Waals surface area contributed by atoms with E-state index in [9.17, 15) is 0 Å². The summed E-state index contributed by atoms with van der Waals surface area (Å²) < 4.78 is 0. The van der Waals surface area contributed by atoms with E-state index in [1.165, 1.54) is 16.0 Å². The minimum absolute atomic E-state index is 0.793. The van der Waals surface area contributed by atoms with Gasteiger partial charge >= 0.3 is 0 Å². The van der Waals surface area contributed by atoms with Crippen molar-refractivity contribution in [2.75, 3.05) is 6.54 Å². The monoisotopic (exact) mass is 291 g/mol.